The van der Waals surface area contributed by atoms with E-state index in [9.17, 15) is 9.59 Å². The maximum absolute atomic E-state index is 13.5. The number of carbonyl (C=O) groups is 2. The zero-order valence-corrected chi connectivity index (χ0v) is 23.6. The molecule has 2 aliphatic rings. The number of nitrogens with zero attached hydrogens (tertiary/aromatic N) is 5. The number of thiazole rings is 1. The van der Waals surface area contributed by atoms with E-state index in [1.165, 1.54) is 0 Å². The van der Waals surface area contributed by atoms with Crippen LogP contribution in [0.3, 0.4) is 0 Å². The molecule has 2 fully saturated rings. The number of ether oxygens (including phenoxy) is 1. The number of aromatic nitrogens is 3. The number of hydrogen-bond donors (Lipinski definition) is 1. The molecule has 4 rings (SSSR count). The highest BCUT2D eigenvalue weighted by Crippen LogP contribution is 2.30. The fourth-order valence-electron chi connectivity index (χ4n) is 4.97. The van der Waals surface area contributed by atoms with Crippen LogP contribution in [0.15, 0.2) is 12.3 Å². The number of rotatable bonds is 6. The van der Waals surface area contributed by atoms with E-state index < -0.39 is 17.7 Å². The molecule has 37 heavy (non-hydrogen) atoms. The maximum atomic E-state index is 13.5. The fourth-order valence-corrected chi connectivity index (χ4v) is 5.64. The third-order valence-electron chi connectivity index (χ3n) is 6.75. The third kappa shape index (κ3) is 7.18. The van der Waals surface area contributed by atoms with E-state index in [0.717, 1.165) is 65.9 Å². The Morgan fingerprint density at radius 3 is 2.54 bits per heavy atom. The largest absolute Gasteiger partial charge is 0.444 e. The summed E-state index contributed by atoms with van der Waals surface area (Å²) >= 11 is 1.60. The quantitative estimate of drug-likeness (QED) is 0.533. The molecule has 0 aliphatic carbocycles. The number of amides is 2. The van der Waals surface area contributed by atoms with Gasteiger partial charge in [0, 0.05) is 48.4 Å². The normalized spacial score (nSPS) is 19.1. The topological polar surface area (TPSA) is 101 Å². The van der Waals surface area contributed by atoms with Crippen molar-refractivity contribution in [2.45, 2.75) is 97.1 Å². The van der Waals surface area contributed by atoms with Gasteiger partial charge >= 0.3 is 6.09 Å². The summed E-state index contributed by atoms with van der Waals surface area (Å²) in [5, 5.41) is 4.17. The van der Waals surface area contributed by atoms with Gasteiger partial charge in [-0.25, -0.2) is 19.7 Å². The highest BCUT2D eigenvalue weighted by Gasteiger charge is 2.38. The Morgan fingerprint density at radius 1 is 1.14 bits per heavy atom. The van der Waals surface area contributed by atoms with Crippen molar-refractivity contribution in [3.63, 3.8) is 0 Å². The summed E-state index contributed by atoms with van der Waals surface area (Å²) in [6, 6.07) is 1.57. The summed E-state index contributed by atoms with van der Waals surface area (Å²) in [5.74, 6) is 1.83. The molecule has 10 heteroatoms. The standard InChI is InChI=1S/C27H40N6O3S/c1-6-9-20-16-22(31-25-28-17-18(2)37-25)30-23(29-20)19-11-14-32(15-12-19)24(34)21-10-7-8-13-33(21)26(35)36-27(3,4)5/h16-17,19,21H,6-15H2,1-5H3,(H,28,29,30,31)/t21-/m0/s1. The molecule has 9 nitrogen and oxygen atoms in total. The van der Waals surface area contributed by atoms with E-state index in [2.05, 4.69) is 17.2 Å². The molecule has 2 aromatic heterocycles. The van der Waals surface area contributed by atoms with Crippen LogP contribution in [0.5, 0.6) is 0 Å². The molecule has 1 atom stereocenters. The monoisotopic (exact) mass is 528 g/mol. The average molecular weight is 529 g/mol. The van der Waals surface area contributed by atoms with Gasteiger partial charge < -0.3 is 15.0 Å². The first-order chi connectivity index (χ1) is 17.6. The van der Waals surface area contributed by atoms with E-state index in [1.54, 1.807) is 16.2 Å². The SMILES string of the molecule is CCCc1cc(Nc2ncc(C)s2)nc(C2CCN(C(=O)[C@@H]3CCCCN3C(=O)OC(C)(C)C)CC2)n1. The lowest BCUT2D eigenvalue weighted by atomic mass is 9.94. The molecular formula is C27H40N6O3S. The van der Waals surface area contributed by atoms with Crippen molar-refractivity contribution in [2.75, 3.05) is 25.0 Å². The highest BCUT2D eigenvalue weighted by molar-refractivity contribution is 7.15. The predicted octanol–water partition coefficient (Wildman–Crippen LogP) is 5.43. The molecule has 2 aliphatic heterocycles. The molecule has 2 amide bonds. The van der Waals surface area contributed by atoms with E-state index >= 15 is 0 Å². The molecule has 0 bridgehead atoms. The van der Waals surface area contributed by atoms with Crippen LogP contribution < -0.4 is 5.32 Å². The molecule has 202 valence electrons. The van der Waals surface area contributed by atoms with E-state index in [1.807, 2.05) is 44.9 Å². The Labute approximate surface area is 224 Å². The number of likely N-dealkylation sites (tertiary alicyclic amines) is 2. The van der Waals surface area contributed by atoms with Crippen LogP contribution in [0.4, 0.5) is 15.7 Å². The van der Waals surface area contributed by atoms with Crippen molar-refractivity contribution >= 4 is 34.3 Å². The first-order valence-corrected chi connectivity index (χ1v) is 14.3. The third-order valence-corrected chi connectivity index (χ3v) is 7.57. The summed E-state index contributed by atoms with van der Waals surface area (Å²) in [5.41, 5.74) is 0.441. The molecule has 0 aromatic carbocycles. The van der Waals surface area contributed by atoms with Crippen LogP contribution in [-0.4, -0.2) is 68.0 Å². The lowest BCUT2D eigenvalue weighted by molar-refractivity contribution is -0.139. The van der Waals surface area contributed by atoms with Crippen LogP contribution in [0.2, 0.25) is 0 Å². The van der Waals surface area contributed by atoms with Gasteiger partial charge in [-0.05, 0) is 66.2 Å². The second-order valence-corrected chi connectivity index (χ2v) is 12.3. The summed E-state index contributed by atoms with van der Waals surface area (Å²) in [6.45, 7) is 11.6. The van der Waals surface area contributed by atoms with Gasteiger partial charge in [-0.1, -0.05) is 13.3 Å². The van der Waals surface area contributed by atoms with Crippen LogP contribution in [0.25, 0.3) is 0 Å². The summed E-state index contributed by atoms with van der Waals surface area (Å²) in [7, 11) is 0. The van der Waals surface area contributed by atoms with Gasteiger partial charge in [0.2, 0.25) is 5.91 Å². The predicted molar refractivity (Wildman–Crippen MR) is 145 cm³/mol. The first kappa shape index (κ1) is 27.3. The molecule has 0 saturated carbocycles. The first-order valence-electron chi connectivity index (χ1n) is 13.5. The van der Waals surface area contributed by atoms with Crippen molar-refractivity contribution < 1.29 is 14.3 Å². The van der Waals surface area contributed by atoms with E-state index in [-0.39, 0.29) is 11.8 Å². The molecule has 0 spiro atoms. The molecule has 0 unspecified atom stereocenters. The maximum Gasteiger partial charge on any atom is 0.410 e. The van der Waals surface area contributed by atoms with Crippen molar-refractivity contribution in [3.05, 3.63) is 28.7 Å². The van der Waals surface area contributed by atoms with Gasteiger partial charge in [0.05, 0.1) is 0 Å². The number of nitrogens with one attached hydrogen (secondary N) is 1. The summed E-state index contributed by atoms with van der Waals surface area (Å²) in [4.78, 5) is 45.1. The molecule has 2 saturated heterocycles. The fraction of sp³-hybridized carbons (Fsp3) is 0.667. The second kappa shape index (κ2) is 11.8. The number of aryl methyl sites for hydroxylation is 2. The zero-order chi connectivity index (χ0) is 26.6. The molecule has 2 aromatic rings. The Balaban J connectivity index is 1.42. The number of hydrogen-bond acceptors (Lipinski definition) is 8. The Morgan fingerprint density at radius 2 is 1.89 bits per heavy atom. The van der Waals surface area contributed by atoms with Gasteiger partial charge in [-0.15, -0.1) is 11.3 Å². The minimum absolute atomic E-state index is 0.0335. The van der Waals surface area contributed by atoms with Crippen molar-refractivity contribution in [1.82, 2.24) is 24.8 Å². The van der Waals surface area contributed by atoms with E-state index in [0.29, 0.717) is 26.1 Å². The lowest BCUT2D eigenvalue weighted by Gasteiger charge is -2.40. The smallest absolute Gasteiger partial charge is 0.410 e. The van der Waals surface area contributed by atoms with Gasteiger partial charge in [0.1, 0.15) is 23.3 Å². The zero-order valence-electron chi connectivity index (χ0n) is 22.7. The Hall–Kier alpha value is -2.75. The number of anilines is 2. The summed E-state index contributed by atoms with van der Waals surface area (Å²) in [6.07, 6.45) is 7.49. The average Bonchev–Trinajstić information content (AvgIpc) is 3.27. The molecular weight excluding hydrogens is 488 g/mol. The van der Waals surface area contributed by atoms with Crippen LogP contribution >= 0.6 is 11.3 Å². The summed E-state index contributed by atoms with van der Waals surface area (Å²) < 4.78 is 5.60. The minimum Gasteiger partial charge on any atom is -0.444 e. The van der Waals surface area contributed by atoms with Crippen LogP contribution in [0.1, 0.15) is 88.5 Å². The minimum atomic E-state index is -0.584. The van der Waals surface area contributed by atoms with Gasteiger partial charge in [0.25, 0.3) is 0 Å². The Kier molecular flexibility index (Phi) is 8.67. The van der Waals surface area contributed by atoms with Gasteiger partial charge in [0.15, 0.2) is 5.13 Å². The van der Waals surface area contributed by atoms with Crippen molar-refractivity contribution in [3.8, 4) is 0 Å². The number of carbonyl (C=O) groups excluding carboxylic acids is 2. The Bertz CT molecular complexity index is 1090. The second-order valence-electron chi connectivity index (χ2n) is 11.0. The van der Waals surface area contributed by atoms with Crippen LogP contribution in [-0.2, 0) is 16.0 Å². The van der Waals surface area contributed by atoms with E-state index in [4.69, 9.17) is 14.7 Å². The molecule has 0 radical (unpaired) electrons. The van der Waals surface area contributed by atoms with Crippen molar-refractivity contribution in [1.29, 1.82) is 0 Å². The van der Waals surface area contributed by atoms with Gasteiger partial charge in [-0.3, -0.25) is 9.69 Å². The molecule has 4 heterocycles. The van der Waals surface area contributed by atoms with Gasteiger partial charge in [-0.2, -0.15) is 0 Å². The van der Waals surface area contributed by atoms with Crippen molar-refractivity contribution in [2.24, 2.45) is 0 Å². The lowest BCUT2D eigenvalue weighted by Crippen LogP contribution is -2.55. The highest BCUT2D eigenvalue weighted by atomic mass is 32.1. The van der Waals surface area contributed by atoms with Crippen LogP contribution in [0, 0.1) is 6.92 Å². The molecule has 1 N–H and O–H groups in total. The number of piperidine rings is 2.